The van der Waals surface area contributed by atoms with Gasteiger partial charge in [-0.1, -0.05) is 0 Å². The van der Waals surface area contributed by atoms with Crippen molar-refractivity contribution in [1.82, 2.24) is 9.80 Å². The van der Waals surface area contributed by atoms with Crippen molar-refractivity contribution in [2.45, 2.75) is 49.9 Å². The van der Waals surface area contributed by atoms with Crippen molar-refractivity contribution >= 4 is 36.0 Å². The fraction of sp³-hybridized carbons (Fsp3) is 0.429. The smallest absolute Gasteiger partial charge is 0.221 e. The van der Waals surface area contributed by atoms with Gasteiger partial charge in [0.1, 0.15) is 23.8 Å². The van der Waals surface area contributed by atoms with Gasteiger partial charge in [0.15, 0.2) is 0 Å². The number of carbonyl (C=O) groups excluding carboxylic acids is 4. The number of hydrogen-bond acceptors (Lipinski definition) is 6. The summed E-state index contributed by atoms with van der Waals surface area (Å²) in [5.41, 5.74) is 1.46. The van der Waals surface area contributed by atoms with Crippen molar-refractivity contribution in [2.75, 3.05) is 37.1 Å². The highest BCUT2D eigenvalue weighted by Gasteiger charge is 2.75. The number of fused-ring (bicyclic) bond motifs is 7. The van der Waals surface area contributed by atoms with Gasteiger partial charge in [0.2, 0.25) is 24.6 Å². The minimum atomic E-state index is -0.836. The number of hydrogen-bond donors (Lipinski definition) is 0. The molecule has 2 aromatic carbocycles. The summed E-state index contributed by atoms with van der Waals surface area (Å²) in [5, 5.41) is 0. The van der Waals surface area contributed by atoms with Crippen LogP contribution in [0, 0.1) is 0 Å². The molecule has 0 N–H and O–H groups in total. The molecule has 0 aromatic heterocycles. The summed E-state index contributed by atoms with van der Waals surface area (Å²) in [6.45, 7) is 3.88. The topological polar surface area (TPSA) is 99.7 Å². The molecule has 2 aromatic rings. The second-order valence-corrected chi connectivity index (χ2v) is 10.4. The van der Waals surface area contributed by atoms with Gasteiger partial charge in [-0.25, -0.2) is 0 Å². The van der Waals surface area contributed by atoms with E-state index in [1.54, 1.807) is 46.0 Å². The molecule has 198 valence electrons. The number of carbonyl (C=O) groups is 4. The van der Waals surface area contributed by atoms with Crippen molar-refractivity contribution in [3.8, 4) is 11.5 Å². The van der Waals surface area contributed by atoms with Gasteiger partial charge in [-0.15, -0.1) is 0 Å². The molecule has 0 saturated carbocycles. The van der Waals surface area contributed by atoms with Crippen molar-refractivity contribution in [3.63, 3.8) is 0 Å². The van der Waals surface area contributed by atoms with E-state index in [1.807, 2.05) is 24.3 Å². The van der Waals surface area contributed by atoms with Crippen LogP contribution in [0.4, 0.5) is 11.4 Å². The molecule has 4 amide bonds. The summed E-state index contributed by atoms with van der Waals surface area (Å²) < 4.78 is 11.2. The quantitative estimate of drug-likeness (QED) is 0.562. The van der Waals surface area contributed by atoms with Gasteiger partial charge in [0, 0.05) is 38.3 Å². The molecule has 10 nitrogen and oxygen atoms in total. The first-order valence-corrected chi connectivity index (χ1v) is 12.7. The van der Waals surface area contributed by atoms with Gasteiger partial charge in [-0.2, -0.15) is 0 Å². The standard InChI is InChI=1S/C28H30N4O6/c1-17(35)29-11-9-27(21-13-19(37-3)5-7-23(21)31(15-33)25(27)29)28-10-12-30(18(2)36)26(28)32(16-34)24-8-6-20(38-4)14-22(24)28/h5-8,13-16,25-26H,9-12H2,1-4H3/t25-,26-,27-,28-/m0/s1. The van der Waals surface area contributed by atoms with Crippen LogP contribution in [0.5, 0.6) is 11.5 Å². The average Bonchev–Trinajstić information content (AvgIpc) is 3.63. The predicted molar refractivity (Wildman–Crippen MR) is 138 cm³/mol. The maximum Gasteiger partial charge on any atom is 0.221 e. The van der Waals surface area contributed by atoms with Crippen LogP contribution in [0.1, 0.15) is 37.8 Å². The van der Waals surface area contributed by atoms with Gasteiger partial charge in [0.25, 0.3) is 0 Å². The summed E-state index contributed by atoms with van der Waals surface area (Å²) in [6, 6.07) is 11.2. The Morgan fingerprint density at radius 1 is 0.763 bits per heavy atom. The van der Waals surface area contributed by atoms with Crippen LogP contribution in [0.3, 0.4) is 0 Å². The first-order valence-electron chi connectivity index (χ1n) is 12.7. The van der Waals surface area contributed by atoms with Gasteiger partial charge >= 0.3 is 0 Å². The Bertz CT molecular complexity index is 1280. The average molecular weight is 519 g/mol. The van der Waals surface area contributed by atoms with E-state index in [1.165, 1.54) is 13.8 Å². The molecule has 2 saturated heterocycles. The van der Waals surface area contributed by atoms with E-state index in [4.69, 9.17) is 9.47 Å². The maximum absolute atomic E-state index is 13.0. The highest BCUT2D eigenvalue weighted by atomic mass is 16.5. The van der Waals surface area contributed by atoms with E-state index in [0.29, 0.717) is 48.8 Å². The largest absolute Gasteiger partial charge is 0.497 e. The van der Waals surface area contributed by atoms with Crippen molar-refractivity contribution in [1.29, 1.82) is 0 Å². The second kappa shape index (κ2) is 8.21. The highest BCUT2D eigenvalue weighted by Crippen LogP contribution is 2.69. The molecular formula is C28H30N4O6. The lowest BCUT2D eigenvalue weighted by Crippen LogP contribution is -2.64. The molecule has 6 rings (SSSR count). The normalized spacial score (nSPS) is 28.5. The SMILES string of the molecule is COc1ccc2c(c1)[C@@]1([C@]34CCN(C(C)=O)[C@H]3N(C=O)c3ccc(OC)cc34)CCN(C(C)=O)[C@H]1N2C=O. The highest BCUT2D eigenvalue weighted by molar-refractivity contribution is 5.92. The molecule has 4 aliphatic heterocycles. The zero-order valence-corrected chi connectivity index (χ0v) is 21.8. The van der Waals surface area contributed by atoms with Crippen LogP contribution in [0.2, 0.25) is 0 Å². The zero-order chi connectivity index (χ0) is 27.0. The van der Waals surface area contributed by atoms with Crippen molar-refractivity contribution < 1.29 is 28.7 Å². The monoisotopic (exact) mass is 518 g/mol. The van der Waals surface area contributed by atoms with E-state index < -0.39 is 23.2 Å². The maximum atomic E-state index is 13.0. The summed E-state index contributed by atoms with van der Waals surface area (Å²) in [4.78, 5) is 58.2. The van der Waals surface area contributed by atoms with Crippen LogP contribution in [0.15, 0.2) is 36.4 Å². The lowest BCUT2D eigenvalue weighted by atomic mass is 9.55. The van der Waals surface area contributed by atoms with Gasteiger partial charge in [0.05, 0.1) is 25.0 Å². The fourth-order valence-electron chi connectivity index (χ4n) is 7.94. The van der Waals surface area contributed by atoms with E-state index in [0.717, 1.165) is 23.9 Å². The number of benzene rings is 2. The van der Waals surface area contributed by atoms with Crippen LogP contribution in [-0.4, -0.2) is 74.1 Å². The number of ether oxygens (including phenoxy) is 2. The Morgan fingerprint density at radius 3 is 1.47 bits per heavy atom. The van der Waals surface area contributed by atoms with E-state index in [-0.39, 0.29) is 11.8 Å². The molecule has 38 heavy (non-hydrogen) atoms. The Morgan fingerprint density at radius 2 is 1.16 bits per heavy atom. The van der Waals surface area contributed by atoms with Gasteiger partial charge in [-0.3, -0.25) is 29.0 Å². The molecule has 0 spiro atoms. The number of methoxy groups -OCH3 is 2. The summed E-state index contributed by atoms with van der Waals surface area (Å²) in [6.07, 6.45) is 1.35. The third-order valence-electron chi connectivity index (χ3n) is 9.25. The minimum Gasteiger partial charge on any atom is -0.497 e. The third kappa shape index (κ3) is 2.67. The molecule has 0 aliphatic carbocycles. The summed E-state index contributed by atoms with van der Waals surface area (Å²) in [5.74, 6) is 0.964. The summed E-state index contributed by atoms with van der Waals surface area (Å²) >= 11 is 0. The Balaban J connectivity index is 1.74. The van der Waals surface area contributed by atoms with E-state index in [9.17, 15) is 19.2 Å². The Kier molecular flexibility index (Phi) is 5.24. The van der Waals surface area contributed by atoms with E-state index in [2.05, 4.69) is 0 Å². The molecule has 0 radical (unpaired) electrons. The first-order chi connectivity index (χ1) is 18.3. The minimum absolute atomic E-state index is 0.144. The second-order valence-electron chi connectivity index (χ2n) is 10.4. The van der Waals surface area contributed by atoms with Gasteiger partial charge in [-0.05, 0) is 60.4 Å². The predicted octanol–water partition coefficient (Wildman–Crippen LogP) is 1.99. The third-order valence-corrected chi connectivity index (χ3v) is 9.25. The molecular weight excluding hydrogens is 488 g/mol. The molecule has 4 heterocycles. The summed E-state index contributed by atoms with van der Waals surface area (Å²) in [7, 11) is 3.18. The fourth-order valence-corrected chi connectivity index (χ4v) is 7.94. The molecule has 4 aliphatic rings. The van der Waals surface area contributed by atoms with Gasteiger partial charge < -0.3 is 19.3 Å². The number of anilines is 2. The number of amides is 4. The van der Waals surface area contributed by atoms with Crippen molar-refractivity contribution in [3.05, 3.63) is 47.5 Å². The molecule has 4 atom stereocenters. The van der Waals surface area contributed by atoms with Crippen LogP contribution >= 0.6 is 0 Å². The number of nitrogens with zero attached hydrogens (tertiary/aromatic N) is 4. The van der Waals surface area contributed by atoms with Crippen molar-refractivity contribution in [2.24, 2.45) is 0 Å². The lowest BCUT2D eigenvalue weighted by Gasteiger charge is -2.49. The number of likely N-dealkylation sites (tertiary alicyclic amines) is 2. The van der Waals surface area contributed by atoms with Crippen LogP contribution in [-0.2, 0) is 30.0 Å². The van der Waals surface area contributed by atoms with E-state index >= 15 is 0 Å². The van der Waals surface area contributed by atoms with Crippen LogP contribution < -0.4 is 19.3 Å². The zero-order valence-electron chi connectivity index (χ0n) is 21.8. The van der Waals surface area contributed by atoms with Crippen LogP contribution in [0.25, 0.3) is 0 Å². The molecule has 10 heteroatoms. The molecule has 2 fully saturated rings. The Labute approximate surface area is 220 Å². The lowest BCUT2D eigenvalue weighted by molar-refractivity contribution is -0.133. The molecule has 0 bridgehead atoms. The first kappa shape index (κ1) is 24.3. The Hall–Kier alpha value is -4.08. The molecule has 0 unspecified atom stereocenters. The number of rotatable bonds is 5.